The van der Waals surface area contributed by atoms with Crippen LogP contribution in [-0.4, -0.2) is 32.0 Å². The number of nitrogens with one attached hydrogen (secondary N) is 1. The quantitative estimate of drug-likeness (QED) is 0.454. The van der Waals surface area contributed by atoms with Crippen molar-refractivity contribution in [1.82, 2.24) is 5.48 Å². The molecule has 0 aromatic heterocycles. The van der Waals surface area contributed by atoms with Gasteiger partial charge in [-0.15, -0.1) is 0 Å². The van der Waals surface area contributed by atoms with Gasteiger partial charge < -0.3 is 9.53 Å². The van der Waals surface area contributed by atoms with Crippen LogP contribution in [0.5, 0.6) is 0 Å². The van der Waals surface area contributed by atoms with E-state index in [1.165, 1.54) is 6.92 Å². The molecule has 0 heterocycles. The number of amides is 1. The maximum atomic E-state index is 10.9. The second kappa shape index (κ2) is 7.70. The largest absolute Gasteiger partial charge is 0.382 e. The Balaban J connectivity index is 3.25. The highest BCUT2D eigenvalue weighted by Crippen LogP contribution is 1.89. The Bertz CT molecular complexity index is 170. The summed E-state index contributed by atoms with van der Waals surface area (Å²) in [6, 6.07) is 0. The van der Waals surface area contributed by atoms with E-state index in [1.54, 1.807) is 7.11 Å². The third-order valence-corrected chi connectivity index (χ3v) is 1.28. The van der Waals surface area contributed by atoms with Crippen LogP contribution < -0.4 is 5.48 Å². The van der Waals surface area contributed by atoms with Crippen LogP contribution in [0.2, 0.25) is 0 Å². The van der Waals surface area contributed by atoms with Crippen LogP contribution in [0.4, 0.5) is 0 Å². The molecule has 0 unspecified atom stereocenters. The first-order valence-corrected chi connectivity index (χ1v) is 4.06. The van der Waals surface area contributed by atoms with Crippen molar-refractivity contribution in [1.29, 1.82) is 0 Å². The number of carbonyl (C=O) groups excluding carboxylic acids is 2. The average Bonchev–Trinajstić information content (AvgIpc) is 2.09. The molecule has 0 aromatic carbocycles. The molecule has 0 radical (unpaired) electrons. The number of ether oxygens (including phenoxy) is 1. The summed E-state index contributed by atoms with van der Waals surface area (Å²) in [5, 5.41) is 0. The van der Waals surface area contributed by atoms with Gasteiger partial charge in [-0.25, -0.2) is 5.48 Å². The van der Waals surface area contributed by atoms with Gasteiger partial charge in [-0.3, -0.25) is 9.63 Å². The summed E-state index contributed by atoms with van der Waals surface area (Å²) < 4.78 is 4.69. The van der Waals surface area contributed by atoms with Gasteiger partial charge in [-0.05, 0) is 6.92 Å². The van der Waals surface area contributed by atoms with Gasteiger partial charge in [0.1, 0.15) is 5.78 Å². The first-order chi connectivity index (χ1) is 6.16. The lowest BCUT2D eigenvalue weighted by molar-refractivity contribution is -0.135. The van der Waals surface area contributed by atoms with Gasteiger partial charge in [0.2, 0.25) is 5.91 Å². The third kappa shape index (κ3) is 8.97. The van der Waals surface area contributed by atoms with Crippen molar-refractivity contribution in [3.05, 3.63) is 0 Å². The lowest BCUT2D eigenvalue weighted by Gasteiger charge is -2.03. The summed E-state index contributed by atoms with van der Waals surface area (Å²) in [5.41, 5.74) is 2.20. The van der Waals surface area contributed by atoms with E-state index in [-0.39, 0.29) is 24.5 Å². The molecule has 1 amide bonds. The Morgan fingerprint density at radius 2 is 1.92 bits per heavy atom. The molecule has 0 aliphatic rings. The van der Waals surface area contributed by atoms with E-state index < -0.39 is 0 Å². The summed E-state index contributed by atoms with van der Waals surface area (Å²) in [4.78, 5) is 26.1. The molecule has 5 nitrogen and oxygen atoms in total. The van der Waals surface area contributed by atoms with Crippen LogP contribution in [0.1, 0.15) is 19.8 Å². The van der Waals surface area contributed by atoms with E-state index in [2.05, 4.69) is 5.48 Å². The maximum Gasteiger partial charge on any atom is 0.243 e. The van der Waals surface area contributed by atoms with Crippen molar-refractivity contribution in [2.24, 2.45) is 0 Å². The van der Waals surface area contributed by atoms with Crippen molar-refractivity contribution in [3.63, 3.8) is 0 Å². The maximum absolute atomic E-state index is 10.9. The van der Waals surface area contributed by atoms with Gasteiger partial charge in [-0.1, -0.05) is 0 Å². The van der Waals surface area contributed by atoms with Gasteiger partial charge >= 0.3 is 0 Å². The van der Waals surface area contributed by atoms with Crippen LogP contribution in [0.15, 0.2) is 0 Å². The smallest absolute Gasteiger partial charge is 0.243 e. The van der Waals surface area contributed by atoms with Gasteiger partial charge in [-0.2, -0.15) is 0 Å². The Hall–Kier alpha value is -0.940. The summed E-state index contributed by atoms with van der Waals surface area (Å²) in [6.45, 7) is 2.17. The van der Waals surface area contributed by atoms with E-state index in [0.29, 0.717) is 13.2 Å². The summed E-state index contributed by atoms with van der Waals surface area (Å²) in [7, 11) is 1.54. The van der Waals surface area contributed by atoms with E-state index in [0.717, 1.165) is 0 Å². The lowest BCUT2D eigenvalue weighted by Crippen LogP contribution is -2.25. The number of methoxy groups -OCH3 is 1. The summed E-state index contributed by atoms with van der Waals surface area (Å²) in [5.74, 6) is -0.293. The van der Waals surface area contributed by atoms with Gasteiger partial charge in [0, 0.05) is 20.0 Å². The van der Waals surface area contributed by atoms with Gasteiger partial charge in [0.05, 0.1) is 13.2 Å². The SMILES string of the molecule is COCCONC(=O)CCC(C)=O. The minimum Gasteiger partial charge on any atom is -0.382 e. The molecule has 0 saturated heterocycles. The molecule has 5 heteroatoms. The molecule has 0 fully saturated rings. The first-order valence-electron chi connectivity index (χ1n) is 4.06. The fourth-order valence-corrected chi connectivity index (χ4v) is 0.597. The van der Waals surface area contributed by atoms with Crippen LogP contribution in [0, 0.1) is 0 Å². The molecule has 1 N–H and O–H groups in total. The molecule has 0 aliphatic heterocycles. The van der Waals surface area contributed by atoms with Crippen molar-refractivity contribution >= 4 is 11.7 Å². The zero-order valence-electron chi connectivity index (χ0n) is 7.96. The predicted molar refractivity (Wildman–Crippen MR) is 45.9 cm³/mol. The van der Waals surface area contributed by atoms with E-state index in [9.17, 15) is 9.59 Å². The lowest BCUT2D eigenvalue weighted by atomic mass is 10.2. The molecule has 0 aliphatic carbocycles. The molecule has 0 saturated carbocycles. The van der Waals surface area contributed by atoms with Crippen molar-refractivity contribution in [2.45, 2.75) is 19.8 Å². The normalized spacial score (nSPS) is 9.69. The van der Waals surface area contributed by atoms with E-state index in [4.69, 9.17) is 9.57 Å². The highest BCUT2D eigenvalue weighted by Gasteiger charge is 2.02. The molecular weight excluding hydrogens is 174 g/mol. The Morgan fingerprint density at radius 3 is 2.46 bits per heavy atom. The highest BCUT2D eigenvalue weighted by molar-refractivity contribution is 5.82. The number of hydrogen-bond donors (Lipinski definition) is 1. The number of ketones is 1. The van der Waals surface area contributed by atoms with Gasteiger partial charge in [0.25, 0.3) is 0 Å². The van der Waals surface area contributed by atoms with Crippen LogP contribution in [0.25, 0.3) is 0 Å². The van der Waals surface area contributed by atoms with Crippen LogP contribution >= 0.6 is 0 Å². The average molecular weight is 189 g/mol. The number of hydroxylamine groups is 1. The fourth-order valence-electron chi connectivity index (χ4n) is 0.597. The zero-order chi connectivity index (χ0) is 10.1. The fraction of sp³-hybridized carbons (Fsp3) is 0.750. The minimum absolute atomic E-state index is 0.00737. The Morgan fingerprint density at radius 1 is 1.23 bits per heavy atom. The number of hydrogen-bond acceptors (Lipinski definition) is 4. The molecular formula is C8H15NO4. The third-order valence-electron chi connectivity index (χ3n) is 1.28. The second-order valence-corrected chi connectivity index (χ2v) is 2.57. The standard InChI is InChI=1S/C8H15NO4/c1-7(10)3-4-8(11)9-13-6-5-12-2/h3-6H2,1-2H3,(H,9,11). The monoisotopic (exact) mass is 189 g/mol. The first kappa shape index (κ1) is 12.1. The van der Waals surface area contributed by atoms with Gasteiger partial charge in [0.15, 0.2) is 0 Å². The predicted octanol–water partition coefficient (Wildman–Crippen LogP) is 0.0498. The van der Waals surface area contributed by atoms with Crippen molar-refractivity contribution < 1.29 is 19.2 Å². The van der Waals surface area contributed by atoms with E-state index >= 15 is 0 Å². The van der Waals surface area contributed by atoms with Crippen LogP contribution in [-0.2, 0) is 19.2 Å². The molecule has 13 heavy (non-hydrogen) atoms. The minimum atomic E-state index is -0.286. The number of rotatable bonds is 7. The van der Waals surface area contributed by atoms with Crippen LogP contribution in [0.3, 0.4) is 0 Å². The van der Waals surface area contributed by atoms with Crippen molar-refractivity contribution in [2.75, 3.05) is 20.3 Å². The molecule has 0 rings (SSSR count). The zero-order valence-corrected chi connectivity index (χ0v) is 7.96. The Kier molecular flexibility index (Phi) is 7.14. The van der Waals surface area contributed by atoms with E-state index in [1.807, 2.05) is 0 Å². The molecule has 0 atom stereocenters. The molecule has 0 spiro atoms. The Labute approximate surface area is 77.3 Å². The topological polar surface area (TPSA) is 64.6 Å². The number of carbonyl (C=O) groups is 2. The highest BCUT2D eigenvalue weighted by atomic mass is 16.7. The molecule has 76 valence electrons. The molecule has 0 aromatic rings. The van der Waals surface area contributed by atoms with Crippen molar-refractivity contribution in [3.8, 4) is 0 Å². The summed E-state index contributed by atoms with van der Waals surface area (Å²) in [6.07, 6.45) is 0.418. The number of Topliss-reactive ketones (excluding diaryl/α,β-unsaturated/α-hetero) is 1. The summed E-state index contributed by atoms with van der Waals surface area (Å²) >= 11 is 0. The molecule has 0 bridgehead atoms. The second-order valence-electron chi connectivity index (χ2n) is 2.57.